The molecule has 21 heavy (non-hydrogen) atoms. The summed E-state index contributed by atoms with van der Waals surface area (Å²) in [5, 5.41) is 4.75. The topological polar surface area (TPSA) is 15.3 Å². The molecule has 4 heteroatoms. The van der Waals surface area contributed by atoms with Crippen molar-refractivity contribution in [3.05, 3.63) is 33.8 Å². The van der Waals surface area contributed by atoms with E-state index >= 15 is 0 Å². The van der Waals surface area contributed by atoms with E-state index in [-0.39, 0.29) is 0 Å². The number of nitrogens with zero attached hydrogens (tertiary/aromatic N) is 1. The molecule has 1 N–H and O–H groups in total. The number of hydrogen-bond donors (Lipinski definition) is 1. The van der Waals surface area contributed by atoms with Crippen LogP contribution >= 0.6 is 23.2 Å². The van der Waals surface area contributed by atoms with Crippen molar-refractivity contribution in [2.24, 2.45) is 5.92 Å². The van der Waals surface area contributed by atoms with Crippen molar-refractivity contribution >= 4 is 23.2 Å². The highest BCUT2D eigenvalue weighted by atomic mass is 35.5. The van der Waals surface area contributed by atoms with E-state index in [1.54, 1.807) is 0 Å². The second kappa shape index (κ2) is 8.38. The largest absolute Gasteiger partial charge is 0.319 e. The fraction of sp³-hybridized carbons (Fsp3) is 0.647. The highest BCUT2D eigenvalue weighted by Gasteiger charge is 2.31. The number of likely N-dealkylation sites (tertiary alicyclic amines) is 1. The zero-order chi connectivity index (χ0) is 15.2. The van der Waals surface area contributed by atoms with Gasteiger partial charge in [-0.2, -0.15) is 0 Å². The van der Waals surface area contributed by atoms with Crippen molar-refractivity contribution in [1.29, 1.82) is 0 Å². The van der Waals surface area contributed by atoms with Crippen molar-refractivity contribution < 1.29 is 0 Å². The first kappa shape index (κ1) is 17.1. The average molecular weight is 329 g/mol. The van der Waals surface area contributed by atoms with E-state index in [4.69, 9.17) is 23.2 Å². The Hall–Kier alpha value is -0.280. The van der Waals surface area contributed by atoms with Crippen molar-refractivity contribution in [2.45, 2.75) is 38.6 Å². The predicted molar refractivity (Wildman–Crippen MR) is 92.3 cm³/mol. The van der Waals surface area contributed by atoms with Crippen LogP contribution in [0.25, 0.3) is 0 Å². The second-order valence-electron chi connectivity index (χ2n) is 5.94. The third-order valence-corrected chi connectivity index (χ3v) is 5.22. The van der Waals surface area contributed by atoms with E-state index in [2.05, 4.69) is 23.2 Å². The lowest BCUT2D eigenvalue weighted by molar-refractivity contribution is 0.155. The quantitative estimate of drug-likeness (QED) is 0.837. The van der Waals surface area contributed by atoms with Crippen LogP contribution in [0.3, 0.4) is 0 Å². The molecular formula is C17H26Cl2N2. The minimum Gasteiger partial charge on any atom is -0.319 e. The molecule has 0 saturated carbocycles. The smallest absolute Gasteiger partial charge is 0.0640 e. The lowest BCUT2D eigenvalue weighted by Gasteiger charge is -2.36. The Bertz CT molecular complexity index is 434. The van der Waals surface area contributed by atoms with Gasteiger partial charge in [0.2, 0.25) is 0 Å². The van der Waals surface area contributed by atoms with E-state index in [9.17, 15) is 0 Å². The molecule has 0 aromatic heterocycles. The summed E-state index contributed by atoms with van der Waals surface area (Å²) in [4.78, 5) is 2.60. The minimum absolute atomic E-state index is 0.367. The van der Waals surface area contributed by atoms with E-state index < -0.39 is 0 Å². The highest BCUT2D eigenvalue weighted by Crippen LogP contribution is 2.40. The van der Waals surface area contributed by atoms with Gasteiger partial charge in [0.05, 0.1) is 10.0 Å². The Morgan fingerprint density at radius 1 is 1.29 bits per heavy atom. The summed E-state index contributed by atoms with van der Waals surface area (Å²) in [6, 6.07) is 6.41. The maximum atomic E-state index is 6.53. The summed E-state index contributed by atoms with van der Waals surface area (Å²) in [7, 11) is 2.03. The molecule has 0 spiro atoms. The summed E-state index contributed by atoms with van der Waals surface area (Å²) in [5.41, 5.74) is 1.19. The van der Waals surface area contributed by atoms with Gasteiger partial charge in [-0.1, -0.05) is 48.7 Å². The highest BCUT2D eigenvalue weighted by molar-refractivity contribution is 6.42. The predicted octanol–water partition coefficient (Wildman–Crippen LogP) is 4.77. The Labute approximate surface area is 138 Å². The molecule has 1 fully saturated rings. The van der Waals surface area contributed by atoms with E-state index in [0.717, 1.165) is 24.7 Å². The number of nitrogens with one attached hydrogen (secondary N) is 1. The first-order valence-corrected chi connectivity index (χ1v) is 8.77. The molecule has 1 aromatic rings. The summed E-state index contributed by atoms with van der Waals surface area (Å²) in [5.74, 6) is 0.583. The molecule has 1 saturated heterocycles. The monoisotopic (exact) mass is 328 g/mol. The minimum atomic E-state index is 0.367. The Morgan fingerprint density at radius 2 is 2.10 bits per heavy atom. The molecule has 0 aliphatic carbocycles. The standard InChI is InChI=1S/C17H26Cl2N2/c1-3-10-21-11-5-4-7-13(12-20-2)17(21)14-8-6-9-15(18)16(14)19/h6,8-9,13,17,20H,3-5,7,10-12H2,1-2H3. The zero-order valence-electron chi connectivity index (χ0n) is 13.0. The Kier molecular flexibility index (Phi) is 6.81. The van der Waals surface area contributed by atoms with Gasteiger partial charge < -0.3 is 5.32 Å². The van der Waals surface area contributed by atoms with Crippen molar-refractivity contribution in [3.8, 4) is 0 Å². The van der Waals surface area contributed by atoms with Crippen LogP contribution < -0.4 is 5.32 Å². The summed E-state index contributed by atoms with van der Waals surface area (Å²) in [6.07, 6.45) is 4.98. The molecule has 2 atom stereocenters. The van der Waals surface area contributed by atoms with Crippen LogP contribution in [0.15, 0.2) is 18.2 Å². The molecular weight excluding hydrogens is 303 g/mol. The second-order valence-corrected chi connectivity index (χ2v) is 6.72. The van der Waals surface area contributed by atoms with E-state index in [1.165, 1.54) is 31.2 Å². The van der Waals surface area contributed by atoms with Gasteiger partial charge in [-0.05, 0) is 63.5 Å². The molecule has 2 nitrogen and oxygen atoms in total. The number of hydrogen-bond acceptors (Lipinski definition) is 2. The van der Waals surface area contributed by atoms with Gasteiger partial charge in [-0.25, -0.2) is 0 Å². The van der Waals surface area contributed by atoms with Crippen molar-refractivity contribution in [2.75, 3.05) is 26.7 Å². The fourth-order valence-electron chi connectivity index (χ4n) is 3.53. The van der Waals surface area contributed by atoms with Crippen molar-refractivity contribution in [1.82, 2.24) is 10.2 Å². The van der Waals surface area contributed by atoms with Crippen LogP contribution in [0.4, 0.5) is 0 Å². The lowest BCUT2D eigenvalue weighted by atomic mass is 9.89. The molecule has 1 aliphatic heterocycles. The Balaban J connectivity index is 2.39. The average Bonchev–Trinajstić information content (AvgIpc) is 2.66. The normalized spacial score (nSPS) is 24.0. The van der Waals surface area contributed by atoms with Gasteiger partial charge in [0.25, 0.3) is 0 Å². The Morgan fingerprint density at radius 3 is 2.81 bits per heavy atom. The van der Waals surface area contributed by atoms with Gasteiger partial charge in [-0.15, -0.1) is 0 Å². The lowest BCUT2D eigenvalue weighted by Crippen LogP contribution is -2.37. The zero-order valence-corrected chi connectivity index (χ0v) is 14.6. The number of rotatable bonds is 5. The molecule has 118 valence electrons. The number of halogens is 2. The van der Waals surface area contributed by atoms with Crippen LogP contribution in [0.1, 0.15) is 44.2 Å². The molecule has 0 bridgehead atoms. The molecule has 0 amide bonds. The molecule has 2 rings (SSSR count). The first-order chi connectivity index (χ1) is 10.2. The van der Waals surface area contributed by atoms with Gasteiger partial charge in [0.1, 0.15) is 0 Å². The van der Waals surface area contributed by atoms with Gasteiger partial charge >= 0.3 is 0 Å². The third kappa shape index (κ3) is 4.13. The van der Waals surface area contributed by atoms with Crippen LogP contribution in [-0.4, -0.2) is 31.6 Å². The summed E-state index contributed by atoms with van der Waals surface area (Å²) in [6.45, 7) is 5.54. The van der Waals surface area contributed by atoms with Crippen molar-refractivity contribution in [3.63, 3.8) is 0 Å². The maximum Gasteiger partial charge on any atom is 0.0640 e. The van der Waals surface area contributed by atoms with Gasteiger partial charge in [0, 0.05) is 6.04 Å². The fourth-order valence-corrected chi connectivity index (χ4v) is 3.95. The van der Waals surface area contributed by atoms with Crippen LogP contribution in [-0.2, 0) is 0 Å². The van der Waals surface area contributed by atoms with Gasteiger partial charge in [-0.3, -0.25) is 4.90 Å². The molecule has 2 unspecified atom stereocenters. The van der Waals surface area contributed by atoms with Crippen LogP contribution in [0.2, 0.25) is 10.0 Å². The summed E-state index contributed by atoms with van der Waals surface area (Å²) >= 11 is 12.8. The maximum absolute atomic E-state index is 6.53. The third-order valence-electron chi connectivity index (χ3n) is 4.39. The molecule has 0 radical (unpaired) electrons. The molecule has 1 aliphatic rings. The van der Waals surface area contributed by atoms with Crippen LogP contribution in [0, 0.1) is 5.92 Å². The van der Waals surface area contributed by atoms with E-state index in [0.29, 0.717) is 17.0 Å². The van der Waals surface area contributed by atoms with E-state index in [1.807, 2.05) is 19.2 Å². The van der Waals surface area contributed by atoms with Crippen LogP contribution in [0.5, 0.6) is 0 Å². The van der Waals surface area contributed by atoms with Gasteiger partial charge in [0.15, 0.2) is 0 Å². The summed E-state index contributed by atoms with van der Waals surface area (Å²) < 4.78 is 0. The molecule has 1 aromatic carbocycles. The number of benzene rings is 1. The first-order valence-electron chi connectivity index (χ1n) is 8.01. The molecule has 1 heterocycles. The SMILES string of the molecule is CCCN1CCCCC(CNC)C1c1cccc(Cl)c1Cl.